The SMILES string of the molecule is COc1ccccc1CCP(=O)(O)C(N)CCC(=O)O.Cl. The molecule has 8 heteroatoms. The van der Waals surface area contributed by atoms with Gasteiger partial charge in [0.1, 0.15) is 5.75 Å². The minimum atomic E-state index is -3.58. The van der Waals surface area contributed by atoms with Crippen LogP contribution in [0.3, 0.4) is 0 Å². The fourth-order valence-corrected chi connectivity index (χ4v) is 3.25. The van der Waals surface area contributed by atoms with Crippen LogP contribution in [-0.2, 0) is 15.8 Å². The molecule has 120 valence electrons. The lowest BCUT2D eigenvalue weighted by Crippen LogP contribution is -2.23. The minimum Gasteiger partial charge on any atom is -0.496 e. The number of carboxylic acids is 1. The van der Waals surface area contributed by atoms with Gasteiger partial charge in [-0.05, 0) is 24.5 Å². The summed E-state index contributed by atoms with van der Waals surface area (Å²) in [6.45, 7) is 0. The highest BCUT2D eigenvalue weighted by Gasteiger charge is 2.27. The summed E-state index contributed by atoms with van der Waals surface area (Å²) in [4.78, 5) is 20.4. The van der Waals surface area contributed by atoms with Crippen molar-refractivity contribution in [3.63, 3.8) is 0 Å². The second-order valence-corrected chi connectivity index (χ2v) is 7.16. The van der Waals surface area contributed by atoms with Crippen LogP contribution in [0, 0.1) is 0 Å². The van der Waals surface area contributed by atoms with E-state index < -0.39 is 19.1 Å². The van der Waals surface area contributed by atoms with E-state index in [1.807, 2.05) is 18.2 Å². The van der Waals surface area contributed by atoms with Gasteiger partial charge >= 0.3 is 5.97 Å². The van der Waals surface area contributed by atoms with Gasteiger partial charge in [-0.1, -0.05) is 18.2 Å². The fraction of sp³-hybridized carbons (Fsp3) is 0.462. The van der Waals surface area contributed by atoms with Crippen molar-refractivity contribution in [3.8, 4) is 5.75 Å². The van der Waals surface area contributed by atoms with Crippen molar-refractivity contribution in [2.24, 2.45) is 5.73 Å². The lowest BCUT2D eigenvalue weighted by molar-refractivity contribution is -0.137. The van der Waals surface area contributed by atoms with E-state index in [-0.39, 0.29) is 31.4 Å². The molecule has 0 fully saturated rings. The number of nitrogens with two attached hydrogens (primary N) is 1. The van der Waals surface area contributed by atoms with Gasteiger partial charge in [-0.25, -0.2) is 0 Å². The van der Waals surface area contributed by atoms with Crippen molar-refractivity contribution in [2.45, 2.75) is 25.0 Å². The molecule has 4 N–H and O–H groups in total. The van der Waals surface area contributed by atoms with Crippen molar-refractivity contribution in [1.29, 1.82) is 0 Å². The smallest absolute Gasteiger partial charge is 0.303 e. The number of benzene rings is 1. The summed E-state index contributed by atoms with van der Waals surface area (Å²) in [5.74, 6) is -1.37. The molecule has 0 saturated heterocycles. The van der Waals surface area contributed by atoms with E-state index in [2.05, 4.69) is 0 Å². The minimum absolute atomic E-state index is 0. The quantitative estimate of drug-likeness (QED) is 0.626. The molecule has 6 nitrogen and oxygen atoms in total. The molecular formula is C13H21ClNO5P. The Balaban J connectivity index is 0.00000400. The highest BCUT2D eigenvalue weighted by atomic mass is 35.5. The molecule has 0 aromatic heterocycles. The maximum Gasteiger partial charge on any atom is 0.303 e. The van der Waals surface area contributed by atoms with E-state index in [4.69, 9.17) is 15.6 Å². The number of methoxy groups -OCH3 is 1. The summed E-state index contributed by atoms with van der Waals surface area (Å²) in [6, 6.07) is 7.24. The molecule has 2 atom stereocenters. The monoisotopic (exact) mass is 337 g/mol. The number of aliphatic carboxylic acids is 1. The Morgan fingerprint density at radius 2 is 2.05 bits per heavy atom. The number of rotatable bonds is 8. The van der Waals surface area contributed by atoms with Crippen molar-refractivity contribution in [1.82, 2.24) is 0 Å². The lowest BCUT2D eigenvalue weighted by atomic mass is 10.1. The zero-order valence-electron chi connectivity index (χ0n) is 11.8. The number of para-hydroxylation sites is 1. The second-order valence-electron chi connectivity index (χ2n) is 4.54. The predicted octanol–water partition coefficient (Wildman–Crippen LogP) is 2.08. The number of aryl methyl sites for hydroxylation is 1. The Morgan fingerprint density at radius 1 is 1.43 bits per heavy atom. The molecule has 0 aliphatic heterocycles. The third-order valence-electron chi connectivity index (χ3n) is 3.07. The Hall–Kier alpha value is -1.07. The first-order chi connectivity index (χ1) is 9.36. The Kier molecular flexibility index (Phi) is 8.59. The fourth-order valence-electron chi connectivity index (χ4n) is 1.83. The van der Waals surface area contributed by atoms with Gasteiger partial charge in [0.2, 0.25) is 7.37 Å². The molecule has 0 aliphatic rings. The van der Waals surface area contributed by atoms with Crippen LogP contribution in [0.2, 0.25) is 0 Å². The molecule has 0 spiro atoms. The first-order valence-electron chi connectivity index (χ1n) is 6.27. The average molecular weight is 338 g/mol. The summed E-state index contributed by atoms with van der Waals surface area (Å²) < 4.78 is 17.3. The Morgan fingerprint density at radius 3 is 2.62 bits per heavy atom. The van der Waals surface area contributed by atoms with Crippen LogP contribution in [-0.4, -0.2) is 35.0 Å². The highest BCUT2D eigenvalue weighted by Crippen LogP contribution is 2.46. The van der Waals surface area contributed by atoms with E-state index >= 15 is 0 Å². The molecule has 21 heavy (non-hydrogen) atoms. The third kappa shape index (κ3) is 6.48. The number of hydrogen-bond donors (Lipinski definition) is 3. The number of hydrogen-bond acceptors (Lipinski definition) is 4. The van der Waals surface area contributed by atoms with Gasteiger partial charge in [0, 0.05) is 12.6 Å². The normalized spacial score (nSPS) is 14.6. The van der Waals surface area contributed by atoms with E-state index in [9.17, 15) is 14.3 Å². The molecule has 0 bridgehead atoms. The number of carboxylic acid groups (broad SMARTS) is 1. The van der Waals surface area contributed by atoms with Crippen LogP contribution in [0.25, 0.3) is 0 Å². The summed E-state index contributed by atoms with van der Waals surface area (Å²) >= 11 is 0. The molecule has 0 heterocycles. The van der Waals surface area contributed by atoms with E-state index in [1.165, 1.54) is 7.11 Å². The van der Waals surface area contributed by atoms with Crippen LogP contribution >= 0.6 is 19.8 Å². The molecule has 0 radical (unpaired) electrons. The van der Waals surface area contributed by atoms with Gasteiger partial charge in [-0.3, -0.25) is 9.36 Å². The zero-order chi connectivity index (χ0) is 15.2. The maximum atomic E-state index is 12.1. The summed E-state index contributed by atoms with van der Waals surface area (Å²) in [7, 11) is -2.04. The van der Waals surface area contributed by atoms with Gasteiger partial charge in [-0.2, -0.15) is 0 Å². The van der Waals surface area contributed by atoms with Gasteiger partial charge in [-0.15, -0.1) is 12.4 Å². The Bertz CT molecular complexity index is 511. The van der Waals surface area contributed by atoms with Gasteiger partial charge in [0.05, 0.1) is 12.9 Å². The molecule has 0 saturated carbocycles. The van der Waals surface area contributed by atoms with E-state index in [1.54, 1.807) is 6.07 Å². The van der Waals surface area contributed by atoms with Crippen LogP contribution in [0.1, 0.15) is 18.4 Å². The van der Waals surface area contributed by atoms with Crippen LogP contribution < -0.4 is 10.5 Å². The van der Waals surface area contributed by atoms with Crippen LogP contribution in [0.4, 0.5) is 0 Å². The van der Waals surface area contributed by atoms with E-state index in [0.717, 1.165) is 5.56 Å². The first kappa shape index (κ1) is 19.9. The van der Waals surface area contributed by atoms with Crippen molar-refractivity contribution in [2.75, 3.05) is 13.3 Å². The van der Waals surface area contributed by atoms with Gasteiger partial charge < -0.3 is 20.5 Å². The molecular weight excluding hydrogens is 317 g/mol. The van der Waals surface area contributed by atoms with Crippen molar-refractivity contribution < 1.29 is 24.1 Å². The summed E-state index contributed by atoms with van der Waals surface area (Å²) in [5, 5.41) is 8.56. The number of carbonyl (C=O) groups is 1. The summed E-state index contributed by atoms with van der Waals surface area (Å²) in [5.41, 5.74) is 6.46. The molecule has 1 rings (SSSR count). The largest absolute Gasteiger partial charge is 0.496 e. The summed E-state index contributed by atoms with van der Waals surface area (Å²) in [6.07, 6.45) is 0.155. The number of ether oxygens (including phenoxy) is 1. The predicted molar refractivity (Wildman–Crippen MR) is 83.5 cm³/mol. The third-order valence-corrected chi connectivity index (χ3v) is 5.23. The van der Waals surface area contributed by atoms with E-state index in [0.29, 0.717) is 12.2 Å². The molecule has 1 aromatic carbocycles. The molecule has 0 aliphatic carbocycles. The van der Waals surface area contributed by atoms with Gasteiger partial charge in [0.15, 0.2) is 0 Å². The average Bonchev–Trinajstić information content (AvgIpc) is 2.42. The topological polar surface area (TPSA) is 110 Å². The lowest BCUT2D eigenvalue weighted by Gasteiger charge is -2.19. The van der Waals surface area contributed by atoms with Crippen LogP contribution in [0.15, 0.2) is 24.3 Å². The van der Waals surface area contributed by atoms with Crippen molar-refractivity contribution in [3.05, 3.63) is 29.8 Å². The maximum absolute atomic E-state index is 12.1. The van der Waals surface area contributed by atoms with Gasteiger partial charge in [0.25, 0.3) is 0 Å². The molecule has 1 aromatic rings. The molecule has 0 amide bonds. The second kappa shape index (κ2) is 9.05. The highest BCUT2D eigenvalue weighted by molar-refractivity contribution is 7.58. The Labute approximate surface area is 130 Å². The standard InChI is InChI=1S/C13H20NO5P.ClH/c1-19-11-5-3-2-4-10(11)8-9-20(17,18)12(14)6-7-13(15)16;/h2-5,12H,6-9,14H2,1H3,(H,15,16)(H,17,18);1H. The number of halogens is 1. The molecule has 2 unspecified atom stereocenters. The first-order valence-corrected chi connectivity index (χ1v) is 8.19. The van der Waals surface area contributed by atoms with Crippen LogP contribution in [0.5, 0.6) is 5.75 Å². The van der Waals surface area contributed by atoms with Crippen molar-refractivity contribution >= 4 is 25.7 Å². The zero-order valence-corrected chi connectivity index (χ0v) is 13.5.